The molecule has 0 saturated carbocycles. The molecule has 20 heavy (non-hydrogen) atoms. The van der Waals surface area contributed by atoms with E-state index in [9.17, 15) is 5.11 Å². The first-order valence-corrected chi connectivity index (χ1v) is 6.97. The van der Waals surface area contributed by atoms with Gasteiger partial charge in [-0.15, -0.1) is 0 Å². The third-order valence-corrected chi connectivity index (χ3v) is 3.41. The van der Waals surface area contributed by atoms with Crippen LogP contribution in [0.5, 0.6) is 11.5 Å². The molecule has 0 bridgehead atoms. The van der Waals surface area contributed by atoms with Crippen LogP contribution in [0.2, 0.25) is 0 Å². The third kappa shape index (κ3) is 4.10. The molecule has 0 fully saturated rings. The lowest BCUT2D eigenvalue weighted by molar-refractivity contribution is 0.122. The molecule has 1 aliphatic heterocycles. The van der Waals surface area contributed by atoms with E-state index < -0.39 is 0 Å². The van der Waals surface area contributed by atoms with Gasteiger partial charge in [-0.3, -0.25) is 0 Å². The van der Waals surface area contributed by atoms with Crippen molar-refractivity contribution in [2.24, 2.45) is 0 Å². The average Bonchev–Trinajstić information content (AvgIpc) is 2.92. The maximum absolute atomic E-state index is 9.22. The molecule has 2 unspecified atom stereocenters. The smallest absolute Gasteiger partial charge is 0.231 e. The maximum atomic E-state index is 9.22. The minimum absolute atomic E-state index is 0.00764. The van der Waals surface area contributed by atoms with Crippen molar-refractivity contribution in [1.29, 1.82) is 0 Å². The van der Waals surface area contributed by atoms with Crippen molar-refractivity contribution in [2.45, 2.75) is 31.8 Å². The average molecular weight is 281 g/mol. The number of aryl methyl sites for hydroxylation is 1. The highest BCUT2D eigenvalue weighted by Crippen LogP contribution is 2.32. The van der Waals surface area contributed by atoms with Gasteiger partial charge in [-0.05, 0) is 37.5 Å². The van der Waals surface area contributed by atoms with E-state index in [1.807, 2.05) is 12.1 Å². The number of benzene rings is 1. The van der Waals surface area contributed by atoms with Gasteiger partial charge in [0.1, 0.15) is 0 Å². The van der Waals surface area contributed by atoms with Gasteiger partial charge >= 0.3 is 0 Å². The predicted molar refractivity (Wildman–Crippen MR) is 76.2 cm³/mol. The number of aliphatic hydroxyl groups excluding tert-OH is 1. The Labute approximate surface area is 119 Å². The molecule has 1 heterocycles. The first-order chi connectivity index (χ1) is 9.72. The second kappa shape index (κ2) is 7.47. The van der Waals surface area contributed by atoms with Crippen molar-refractivity contribution in [2.75, 3.05) is 27.1 Å². The summed E-state index contributed by atoms with van der Waals surface area (Å²) in [4.78, 5) is 0. The molecule has 2 rings (SSSR count). The van der Waals surface area contributed by atoms with Crippen molar-refractivity contribution in [3.8, 4) is 11.5 Å². The standard InChI is InChI=1S/C15H23NO4/c1-11(16-13(8-17)9-18-2)3-4-12-5-6-14-15(7-12)20-10-19-14/h5-7,11,13,16-17H,3-4,8-10H2,1-2H3. The van der Waals surface area contributed by atoms with Crippen LogP contribution in [0.1, 0.15) is 18.9 Å². The number of hydrogen-bond acceptors (Lipinski definition) is 5. The highest BCUT2D eigenvalue weighted by molar-refractivity contribution is 5.44. The number of hydrogen-bond donors (Lipinski definition) is 2. The van der Waals surface area contributed by atoms with Crippen LogP contribution in [-0.4, -0.2) is 44.3 Å². The Bertz CT molecular complexity index is 424. The molecule has 5 nitrogen and oxygen atoms in total. The van der Waals surface area contributed by atoms with E-state index in [1.165, 1.54) is 5.56 Å². The Kier molecular flexibility index (Phi) is 5.64. The Morgan fingerprint density at radius 2 is 2.15 bits per heavy atom. The van der Waals surface area contributed by atoms with Gasteiger partial charge in [0.2, 0.25) is 6.79 Å². The number of fused-ring (bicyclic) bond motifs is 1. The normalized spacial score (nSPS) is 16.1. The topological polar surface area (TPSA) is 60.0 Å². The first kappa shape index (κ1) is 15.1. The van der Waals surface area contributed by atoms with E-state index in [-0.39, 0.29) is 12.6 Å². The van der Waals surface area contributed by atoms with Crippen LogP contribution in [-0.2, 0) is 11.2 Å². The molecule has 0 spiro atoms. The van der Waals surface area contributed by atoms with Gasteiger partial charge in [0.05, 0.1) is 19.3 Å². The lowest BCUT2D eigenvalue weighted by Crippen LogP contribution is -2.42. The van der Waals surface area contributed by atoms with Crippen LogP contribution >= 0.6 is 0 Å². The molecule has 0 amide bonds. The number of ether oxygens (including phenoxy) is 3. The summed E-state index contributed by atoms with van der Waals surface area (Å²) in [5.74, 6) is 1.65. The summed E-state index contributed by atoms with van der Waals surface area (Å²) >= 11 is 0. The lowest BCUT2D eigenvalue weighted by atomic mass is 10.0. The van der Waals surface area contributed by atoms with Gasteiger partial charge in [-0.2, -0.15) is 0 Å². The molecule has 1 aliphatic rings. The Balaban J connectivity index is 1.79. The summed E-state index contributed by atoms with van der Waals surface area (Å²) in [5, 5.41) is 12.6. The molecule has 5 heteroatoms. The Morgan fingerprint density at radius 1 is 1.35 bits per heavy atom. The van der Waals surface area contributed by atoms with Crippen LogP contribution in [0.15, 0.2) is 18.2 Å². The molecule has 1 aromatic carbocycles. The van der Waals surface area contributed by atoms with Crippen molar-refractivity contribution < 1.29 is 19.3 Å². The summed E-state index contributed by atoms with van der Waals surface area (Å²) in [7, 11) is 1.64. The predicted octanol–water partition coefficient (Wildman–Crippen LogP) is 1.33. The summed E-state index contributed by atoms with van der Waals surface area (Å²) in [6.45, 7) is 3.03. The van der Waals surface area contributed by atoms with E-state index in [4.69, 9.17) is 14.2 Å². The van der Waals surface area contributed by atoms with Crippen molar-refractivity contribution in [3.63, 3.8) is 0 Å². The van der Waals surface area contributed by atoms with Gasteiger partial charge in [0.25, 0.3) is 0 Å². The van der Waals surface area contributed by atoms with Crippen molar-refractivity contribution in [3.05, 3.63) is 23.8 Å². The second-order valence-corrected chi connectivity index (χ2v) is 5.13. The fourth-order valence-corrected chi connectivity index (χ4v) is 2.32. The zero-order valence-electron chi connectivity index (χ0n) is 12.1. The largest absolute Gasteiger partial charge is 0.454 e. The van der Waals surface area contributed by atoms with E-state index >= 15 is 0 Å². The zero-order chi connectivity index (χ0) is 14.4. The quantitative estimate of drug-likeness (QED) is 0.753. The summed E-state index contributed by atoms with van der Waals surface area (Å²) in [6, 6.07) is 6.36. The maximum Gasteiger partial charge on any atom is 0.231 e. The van der Waals surface area contributed by atoms with E-state index in [0.29, 0.717) is 19.4 Å². The van der Waals surface area contributed by atoms with Gasteiger partial charge in [-0.25, -0.2) is 0 Å². The van der Waals surface area contributed by atoms with E-state index in [0.717, 1.165) is 24.3 Å². The molecule has 0 saturated heterocycles. The summed E-state index contributed by atoms with van der Waals surface area (Å²) < 4.78 is 15.7. The molecule has 2 N–H and O–H groups in total. The molecule has 0 radical (unpaired) electrons. The molecule has 1 aromatic rings. The second-order valence-electron chi connectivity index (χ2n) is 5.13. The van der Waals surface area contributed by atoms with Crippen LogP contribution in [0.3, 0.4) is 0 Å². The molecular weight excluding hydrogens is 258 g/mol. The SMILES string of the molecule is COCC(CO)NC(C)CCc1ccc2c(c1)OCO2. The van der Waals surface area contributed by atoms with Crippen molar-refractivity contribution in [1.82, 2.24) is 5.32 Å². The number of nitrogens with one attached hydrogen (secondary N) is 1. The van der Waals surface area contributed by atoms with E-state index in [1.54, 1.807) is 7.11 Å². The van der Waals surface area contributed by atoms with Crippen LogP contribution in [0.25, 0.3) is 0 Å². The summed E-state index contributed by atoms with van der Waals surface area (Å²) in [5.41, 5.74) is 1.23. The Morgan fingerprint density at radius 3 is 2.90 bits per heavy atom. The first-order valence-electron chi connectivity index (χ1n) is 6.97. The number of methoxy groups -OCH3 is 1. The van der Waals surface area contributed by atoms with Gasteiger partial charge in [0.15, 0.2) is 11.5 Å². The fourth-order valence-electron chi connectivity index (χ4n) is 2.32. The molecular formula is C15H23NO4. The third-order valence-electron chi connectivity index (χ3n) is 3.41. The van der Waals surface area contributed by atoms with Crippen molar-refractivity contribution >= 4 is 0 Å². The summed E-state index contributed by atoms with van der Waals surface area (Å²) in [6.07, 6.45) is 1.94. The highest BCUT2D eigenvalue weighted by atomic mass is 16.7. The van der Waals surface area contributed by atoms with Crippen LogP contribution < -0.4 is 14.8 Å². The van der Waals surface area contributed by atoms with Gasteiger partial charge < -0.3 is 24.6 Å². The molecule has 112 valence electrons. The fraction of sp³-hybridized carbons (Fsp3) is 0.600. The molecule has 2 atom stereocenters. The molecule has 0 aromatic heterocycles. The number of rotatable bonds is 8. The van der Waals surface area contributed by atoms with Crippen LogP contribution in [0.4, 0.5) is 0 Å². The number of aliphatic hydroxyl groups is 1. The monoisotopic (exact) mass is 281 g/mol. The highest BCUT2D eigenvalue weighted by Gasteiger charge is 2.14. The zero-order valence-corrected chi connectivity index (χ0v) is 12.1. The minimum atomic E-state index is -0.00764. The van der Waals surface area contributed by atoms with Gasteiger partial charge in [0, 0.05) is 13.2 Å². The molecule has 0 aliphatic carbocycles. The van der Waals surface area contributed by atoms with Gasteiger partial charge in [-0.1, -0.05) is 6.07 Å². The Hall–Kier alpha value is -1.30. The van der Waals surface area contributed by atoms with E-state index in [2.05, 4.69) is 18.3 Å². The van der Waals surface area contributed by atoms with Crippen LogP contribution in [0, 0.1) is 0 Å². The lowest BCUT2D eigenvalue weighted by Gasteiger charge is -2.21. The minimum Gasteiger partial charge on any atom is -0.454 e.